The molecule has 0 aromatic heterocycles. The first kappa shape index (κ1) is 6.75. The predicted molar refractivity (Wildman–Crippen MR) is 31.8 cm³/mol. The molecule has 0 atom stereocenters. The summed E-state index contributed by atoms with van der Waals surface area (Å²) in [6, 6.07) is -0.574. The predicted octanol–water partition coefficient (Wildman–Crippen LogP) is 0.654. The van der Waals surface area contributed by atoms with E-state index in [1.807, 2.05) is 0 Å². The molecule has 8 heavy (non-hydrogen) atoms. The third kappa shape index (κ3) is 1.47. The van der Waals surface area contributed by atoms with Crippen molar-refractivity contribution in [3.05, 3.63) is 25.6 Å². The van der Waals surface area contributed by atoms with Crippen molar-refractivity contribution in [2.75, 3.05) is 0 Å². The first-order valence-corrected chi connectivity index (χ1v) is 2.05. The van der Waals surface area contributed by atoms with Crippen LogP contribution in [-0.4, -0.2) is 10.9 Å². The van der Waals surface area contributed by atoms with Gasteiger partial charge in [0.05, 0.1) is 0 Å². The number of carbonyl (C=O) groups is 1. The van der Waals surface area contributed by atoms with Crippen molar-refractivity contribution in [2.45, 2.75) is 0 Å². The van der Waals surface area contributed by atoms with Crippen LogP contribution in [0.2, 0.25) is 0 Å². The van der Waals surface area contributed by atoms with Crippen LogP contribution in [0, 0.1) is 0 Å². The van der Waals surface area contributed by atoms with Crippen LogP contribution in [0.4, 0.5) is 4.79 Å². The van der Waals surface area contributed by atoms with Crippen molar-refractivity contribution in [1.29, 1.82) is 0 Å². The molecule has 44 valence electrons. The Morgan fingerprint density at radius 1 is 1.50 bits per heavy atom. The number of carbonyl (C=O) groups excluding carboxylic acids is 1. The van der Waals surface area contributed by atoms with Gasteiger partial charge in [0.1, 0.15) is 0 Å². The molecular weight excluding hydrogens is 104 g/mol. The van der Waals surface area contributed by atoms with Gasteiger partial charge < -0.3 is 5.73 Å². The number of nitrogens with two attached hydrogens (primary N) is 1. The highest BCUT2D eigenvalue weighted by Crippen LogP contribution is 1.84. The summed E-state index contributed by atoms with van der Waals surface area (Å²) in [7, 11) is 0. The van der Waals surface area contributed by atoms with Gasteiger partial charge in [-0.05, 0) is 0 Å². The fraction of sp³-hybridized carbons (Fsp3) is 0. The molecule has 0 aliphatic carbocycles. The van der Waals surface area contributed by atoms with E-state index in [4.69, 9.17) is 5.73 Å². The van der Waals surface area contributed by atoms with Gasteiger partial charge >= 0.3 is 6.03 Å². The van der Waals surface area contributed by atoms with Gasteiger partial charge in [0, 0.05) is 12.4 Å². The minimum Gasteiger partial charge on any atom is -0.351 e. The van der Waals surface area contributed by atoms with Crippen LogP contribution >= 0.6 is 0 Å². The molecule has 3 heteroatoms. The Labute approximate surface area is 48.1 Å². The highest BCUT2D eigenvalue weighted by atomic mass is 16.2. The van der Waals surface area contributed by atoms with Crippen molar-refractivity contribution < 1.29 is 4.79 Å². The summed E-state index contributed by atoms with van der Waals surface area (Å²) < 4.78 is 0. The maximum Gasteiger partial charge on any atom is 0.322 e. The molecule has 0 aromatic rings. The van der Waals surface area contributed by atoms with E-state index in [2.05, 4.69) is 13.2 Å². The molecule has 0 spiro atoms. The molecule has 0 rings (SSSR count). The van der Waals surface area contributed by atoms with Crippen LogP contribution in [0.25, 0.3) is 0 Å². The van der Waals surface area contributed by atoms with E-state index in [0.29, 0.717) is 0 Å². The standard InChI is InChI=1S/C5H8N2O/c1-3-7(4-2)5(6)8/h3-4H,1-2H2,(H2,6,8). The Morgan fingerprint density at radius 2 is 1.88 bits per heavy atom. The number of urea groups is 1. The summed E-state index contributed by atoms with van der Waals surface area (Å²) in [6.07, 6.45) is 2.57. The number of hydrogen-bond acceptors (Lipinski definition) is 1. The fourth-order valence-corrected chi connectivity index (χ4v) is 0.254. The lowest BCUT2D eigenvalue weighted by Gasteiger charge is -2.05. The number of hydrogen-bond donors (Lipinski definition) is 1. The smallest absolute Gasteiger partial charge is 0.322 e. The quantitative estimate of drug-likeness (QED) is 0.560. The summed E-state index contributed by atoms with van der Waals surface area (Å²) in [5.74, 6) is 0. The first-order valence-electron chi connectivity index (χ1n) is 2.05. The number of amides is 2. The summed E-state index contributed by atoms with van der Waals surface area (Å²) in [5, 5.41) is 0. The van der Waals surface area contributed by atoms with Gasteiger partial charge in [-0.2, -0.15) is 0 Å². The number of rotatable bonds is 2. The van der Waals surface area contributed by atoms with Gasteiger partial charge in [-0.15, -0.1) is 0 Å². The molecule has 0 fully saturated rings. The van der Waals surface area contributed by atoms with Crippen LogP contribution < -0.4 is 5.73 Å². The normalized spacial score (nSPS) is 7.50. The molecule has 0 aliphatic heterocycles. The van der Waals surface area contributed by atoms with E-state index >= 15 is 0 Å². The first-order chi connectivity index (χ1) is 3.72. The maximum atomic E-state index is 10.2. The average Bonchev–Trinajstić information content (AvgIpc) is 1.69. The highest BCUT2D eigenvalue weighted by molar-refractivity contribution is 5.74. The van der Waals surface area contributed by atoms with E-state index in [1.165, 1.54) is 12.4 Å². The van der Waals surface area contributed by atoms with E-state index in [9.17, 15) is 4.79 Å². The Kier molecular flexibility index (Phi) is 2.40. The molecule has 2 amide bonds. The zero-order chi connectivity index (χ0) is 6.57. The largest absolute Gasteiger partial charge is 0.351 e. The number of nitrogens with zero attached hydrogens (tertiary/aromatic N) is 1. The van der Waals surface area contributed by atoms with Gasteiger partial charge in [0.25, 0.3) is 0 Å². The van der Waals surface area contributed by atoms with Crippen molar-refractivity contribution in [2.24, 2.45) is 5.73 Å². The van der Waals surface area contributed by atoms with Gasteiger partial charge in [-0.25, -0.2) is 4.79 Å². The van der Waals surface area contributed by atoms with E-state index in [-0.39, 0.29) is 0 Å². The monoisotopic (exact) mass is 112 g/mol. The average molecular weight is 112 g/mol. The SMILES string of the molecule is C=CN(C=C)C(N)=O. The molecule has 0 saturated carbocycles. The topological polar surface area (TPSA) is 46.3 Å². The lowest BCUT2D eigenvalue weighted by Crippen LogP contribution is -2.25. The van der Waals surface area contributed by atoms with Crippen molar-refractivity contribution in [1.82, 2.24) is 4.90 Å². The minimum absolute atomic E-state index is 0.574. The number of primary amides is 1. The molecule has 0 aromatic carbocycles. The zero-order valence-corrected chi connectivity index (χ0v) is 4.50. The van der Waals surface area contributed by atoms with E-state index in [0.717, 1.165) is 4.90 Å². The second kappa shape index (κ2) is 2.85. The summed E-state index contributed by atoms with van der Waals surface area (Å²) >= 11 is 0. The fourth-order valence-electron chi connectivity index (χ4n) is 0.254. The minimum atomic E-state index is -0.574. The lowest BCUT2D eigenvalue weighted by atomic mass is 10.7. The molecule has 3 nitrogen and oxygen atoms in total. The van der Waals surface area contributed by atoms with Gasteiger partial charge in [0.2, 0.25) is 0 Å². The Morgan fingerprint density at radius 3 is 1.88 bits per heavy atom. The van der Waals surface area contributed by atoms with E-state index < -0.39 is 6.03 Å². The van der Waals surface area contributed by atoms with Crippen LogP contribution in [0.5, 0.6) is 0 Å². The van der Waals surface area contributed by atoms with Crippen molar-refractivity contribution in [3.63, 3.8) is 0 Å². The molecule has 0 unspecified atom stereocenters. The van der Waals surface area contributed by atoms with Gasteiger partial charge in [-0.1, -0.05) is 13.2 Å². The third-order valence-corrected chi connectivity index (χ3v) is 0.648. The molecule has 0 saturated heterocycles. The lowest BCUT2D eigenvalue weighted by molar-refractivity contribution is 0.235. The maximum absolute atomic E-state index is 10.2. The highest BCUT2D eigenvalue weighted by Gasteiger charge is 1.95. The zero-order valence-electron chi connectivity index (χ0n) is 4.50. The molecule has 0 bridgehead atoms. The van der Waals surface area contributed by atoms with E-state index in [1.54, 1.807) is 0 Å². The summed E-state index contributed by atoms with van der Waals surface area (Å²) in [5.41, 5.74) is 4.80. The van der Waals surface area contributed by atoms with Gasteiger partial charge in [-0.3, -0.25) is 4.90 Å². The van der Waals surface area contributed by atoms with Crippen LogP contribution in [0.3, 0.4) is 0 Å². The van der Waals surface area contributed by atoms with Gasteiger partial charge in [0.15, 0.2) is 0 Å². The summed E-state index contributed by atoms with van der Waals surface area (Å²) in [6.45, 7) is 6.61. The van der Waals surface area contributed by atoms with Crippen LogP contribution in [0.1, 0.15) is 0 Å². The molecule has 0 radical (unpaired) electrons. The second-order valence-electron chi connectivity index (χ2n) is 1.11. The van der Waals surface area contributed by atoms with Crippen LogP contribution in [0.15, 0.2) is 25.6 Å². The summed E-state index contributed by atoms with van der Waals surface area (Å²) in [4.78, 5) is 11.3. The van der Waals surface area contributed by atoms with Crippen LogP contribution in [-0.2, 0) is 0 Å². The Balaban J connectivity index is 3.88. The van der Waals surface area contributed by atoms with Crippen molar-refractivity contribution >= 4 is 6.03 Å². The third-order valence-electron chi connectivity index (χ3n) is 0.648. The molecule has 2 N–H and O–H groups in total. The second-order valence-corrected chi connectivity index (χ2v) is 1.11. The Hall–Kier alpha value is -1.25. The molecular formula is C5H8N2O. The Bertz CT molecular complexity index is 112. The van der Waals surface area contributed by atoms with Crippen molar-refractivity contribution in [3.8, 4) is 0 Å². The molecule has 0 aliphatic rings. The molecule has 0 heterocycles.